The average molecular weight is 664 g/mol. The molecule has 48 heavy (non-hydrogen) atoms. The van der Waals surface area contributed by atoms with Gasteiger partial charge in [0.25, 0.3) is 8.32 Å². The number of allylic oxidation sites excluding steroid dienone is 2. The molecule has 0 saturated heterocycles. The van der Waals surface area contributed by atoms with Crippen LogP contribution in [-0.4, -0.2) is 53.0 Å². The highest BCUT2D eigenvalue weighted by molar-refractivity contribution is 6.99. The monoisotopic (exact) mass is 663 g/mol. The first-order valence-corrected chi connectivity index (χ1v) is 18.9. The van der Waals surface area contributed by atoms with Crippen molar-refractivity contribution >= 4 is 24.6 Å². The maximum Gasteiger partial charge on any atom is 0.261 e. The van der Waals surface area contributed by atoms with Crippen LogP contribution in [-0.2, 0) is 27.0 Å². The van der Waals surface area contributed by atoms with E-state index in [1.807, 2.05) is 44.4 Å². The maximum absolute atomic E-state index is 13.4. The van der Waals surface area contributed by atoms with E-state index in [9.17, 15) is 4.79 Å². The van der Waals surface area contributed by atoms with Gasteiger partial charge in [-0.25, -0.2) is 0 Å². The van der Waals surface area contributed by atoms with Gasteiger partial charge in [0.1, 0.15) is 5.75 Å². The Morgan fingerprint density at radius 3 is 1.83 bits per heavy atom. The van der Waals surface area contributed by atoms with E-state index in [-0.39, 0.29) is 28.9 Å². The molecule has 0 aliphatic carbocycles. The lowest BCUT2D eigenvalue weighted by Gasteiger charge is -2.44. The minimum atomic E-state index is -2.84. The van der Waals surface area contributed by atoms with E-state index in [2.05, 4.69) is 125 Å². The van der Waals surface area contributed by atoms with Crippen LogP contribution in [0.25, 0.3) is 0 Å². The number of carbonyl (C=O) groups excluding carboxylic acids is 1. The van der Waals surface area contributed by atoms with Gasteiger partial charge in [-0.05, 0) is 57.9 Å². The molecule has 6 heteroatoms. The highest BCUT2D eigenvalue weighted by Crippen LogP contribution is 2.38. The molecular formula is C42H53NO4Si. The van der Waals surface area contributed by atoms with Gasteiger partial charge in [0, 0.05) is 33.0 Å². The van der Waals surface area contributed by atoms with E-state index < -0.39 is 8.32 Å². The van der Waals surface area contributed by atoms with Gasteiger partial charge in [-0.3, -0.25) is 4.79 Å². The Bertz CT molecular complexity index is 1510. The fourth-order valence-corrected chi connectivity index (χ4v) is 11.0. The maximum atomic E-state index is 13.4. The number of methoxy groups -OCH3 is 1. The average Bonchev–Trinajstić information content (AvgIpc) is 3.09. The third-order valence-electron chi connectivity index (χ3n) is 9.22. The van der Waals surface area contributed by atoms with Crippen LogP contribution in [0.2, 0.25) is 5.04 Å². The number of amides is 1. The zero-order valence-electron chi connectivity index (χ0n) is 29.8. The van der Waals surface area contributed by atoms with Gasteiger partial charge in [0.15, 0.2) is 0 Å². The second-order valence-electron chi connectivity index (χ2n) is 13.8. The minimum Gasteiger partial charge on any atom is -0.497 e. The molecule has 4 aromatic rings. The summed E-state index contributed by atoms with van der Waals surface area (Å²) >= 11 is 0. The molecule has 0 spiro atoms. The number of rotatable bonds is 16. The molecule has 0 heterocycles. The van der Waals surface area contributed by atoms with Crippen LogP contribution in [0, 0.1) is 11.8 Å². The molecule has 4 aromatic carbocycles. The Morgan fingerprint density at radius 1 is 0.792 bits per heavy atom. The van der Waals surface area contributed by atoms with Gasteiger partial charge in [-0.2, -0.15) is 0 Å². The molecule has 0 fully saturated rings. The van der Waals surface area contributed by atoms with Crippen molar-refractivity contribution in [1.29, 1.82) is 0 Å². The smallest absolute Gasteiger partial charge is 0.261 e. The van der Waals surface area contributed by atoms with Crippen LogP contribution in [0.5, 0.6) is 5.75 Å². The molecular weight excluding hydrogens is 611 g/mol. The number of nitrogens with zero attached hydrogens (tertiary/aromatic N) is 1. The lowest BCUT2D eigenvalue weighted by atomic mass is 9.85. The Morgan fingerprint density at radius 2 is 1.33 bits per heavy atom. The summed E-state index contributed by atoms with van der Waals surface area (Å²) in [5.41, 5.74) is 2.30. The fraction of sp³-hybridized carbons (Fsp3) is 0.357. The van der Waals surface area contributed by atoms with Crippen LogP contribution in [0.4, 0.5) is 0 Å². The first-order valence-electron chi connectivity index (χ1n) is 17.0. The summed E-state index contributed by atoms with van der Waals surface area (Å²) in [5, 5.41) is 2.29. The Kier molecular flexibility index (Phi) is 13.4. The summed E-state index contributed by atoms with van der Waals surface area (Å²) < 4.78 is 19.5. The normalized spacial score (nSPS) is 14.0. The Balaban J connectivity index is 1.74. The topological polar surface area (TPSA) is 48.0 Å². The predicted molar refractivity (Wildman–Crippen MR) is 200 cm³/mol. The van der Waals surface area contributed by atoms with Crippen LogP contribution in [0.3, 0.4) is 0 Å². The molecule has 1 amide bonds. The number of benzene rings is 4. The highest BCUT2D eigenvalue weighted by atomic mass is 28.4. The molecule has 0 unspecified atom stereocenters. The lowest BCUT2D eigenvalue weighted by Crippen LogP contribution is -2.67. The summed E-state index contributed by atoms with van der Waals surface area (Å²) in [5.74, 6) is 0.699. The van der Waals surface area contributed by atoms with Crippen molar-refractivity contribution in [1.82, 2.24) is 4.90 Å². The van der Waals surface area contributed by atoms with E-state index >= 15 is 0 Å². The molecule has 0 saturated carbocycles. The van der Waals surface area contributed by atoms with Gasteiger partial charge in [-0.1, -0.05) is 136 Å². The van der Waals surface area contributed by atoms with Crippen LogP contribution in [0.1, 0.15) is 45.2 Å². The van der Waals surface area contributed by atoms with E-state index in [0.717, 1.165) is 17.7 Å². The lowest BCUT2D eigenvalue weighted by molar-refractivity contribution is -0.130. The third-order valence-corrected chi connectivity index (χ3v) is 14.2. The first-order chi connectivity index (χ1) is 23.0. The molecule has 5 nitrogen and oxygen atoms in total. The van der Waals surface area contributed by atoms with Crippen molar-refractivity contribution in [2.45, 2.75) is 58.3 Å². The van der Waals surface area contributed by atoms with Gasteiger partial charge < -0.3 is 18.8 Å². The van der Waals surface area contributed by atoms with Crippen molar-refractivity contribution in [3.8, 4) is 5.75 Å². The van der Waals surface area contributed by atoms with Crippen molar-refractivity contribution in [2.24, 2.45) is 11.8 Å². The summed E-state index contributed by atoms with van der Waals surface area (Å²) in [6.45, 7) is 9.90. The molecule has 3 atom stereocenters. The van der Waals surface area contributed by atoms with Gasteiger partial charge in [-0.15, -0.1) is 0 Å². The van der Waals surface area contributed by atoms with E-state index in [0.29, 0.717) is 19.6 Å². The minimum absolute atomic E-state index is 0.0853. The molecule has 0 aliphatic rings. The second-order valence-corrected chi connectivity index (χ2v) is 18.1. The molecule has 4 rings (SSSR count). The third kappa shape index (κ3) is 9.56. The van der Waals surface area contributed by atoms with E-state index in [1.165, 1.54) is 15.9 Å². The molecule has 254 valence electrons. The van der Waals surface area contributed by atoms with Crippen molar-refractivity contribution in [2.75, 3.05) is 27.8 Å². The number of ether oxygens (including phenoxy) is 2. The van der Waals surface area contributed by atoms with Gasteiger partial charge in [0.05, 0.1) is 19.8 Å². The van der Waals surface area contributed by atoms with E-state index in [4.69, 9.17) is 13.9 Å². The summed E-state index contributed by atoms with van der Waals surface area (Å²) in [6, 6.07) is 39.8. The molecule has 0 bridgehead atoms. The SMILES string of the molecule is COc1ccc(CO[C@H](C)[C@@H](CO[Si](c2ccccc2)(c2ccccc2)C(C)(C)C)[C@@H](/C=C/Cc2ccccc2)CC(=O)N(C)C)cc1. The van der Waals surface area contributed by atoms with E-state index in [1.54, 1.807) is 12.0 Å². The molecule has 0 aliphatic heterocycles. The van der Waals surface area contributed by atoms with Crippen LogP contribution >= 0.6 is 0 Å². The number of hydrogen-bond donors (Lipinski definition) is 0. The van der Waals surface area contributed by atoms with Crippen LogP contribution < -0.4 is 15.1 Å². The Labute approximate surface area is 289 Å². The van der Waals surface area contributed by atoms with Crippen molar-refractivity contribution < 1.29 is 18.7 Å². The largest absolute Gasteiger partial charge is 0.497 e. The van der Waals surface area contributed by atoms with Crippen molar-refractivity contribution in [3.63, 3.8) is 0 Å². The zero-order chi connectivity index (χ0) is 34.6. The predicted octanol–water partition coefficient (Wildman–Crippen LogP) is 7.69. The zero-order valence-corrected chi connectivity index (χ0v) is 30.8. The number of carbonyl (C=O) groups is 1. The summed E-state index contributed by atoms with van der Waals surface area (Å²) in [4.78, 5) is 15.0. The molecule has 0 aromatic heterocycles. The van der Waals surface area contributed by atoms with Gasteiger partial charge >= 0.3 is 0 Å². The molecule has 0 radical (unpaired) electrons. The van der Waals surface area contributed by atoms with Crippen molar-refractivity contribution in [3.05, 3.63) is 139 Å². The molecule has 0 N–H and O–H groups in total. The Hall–Kier alpha value is -3.97. The summed E-state index contributed by atoms with van der Waals surface area (Å²) in [7, 11) is 2.48. The highest BCUT2D eigenvalue weighted by Gasteiger charge is 2.50. The first kappa shape index (κ1) is 36.9. The fourth-order valence-electron chi connectivity index (χ4n) is 6.40. The quantitative estimate of drug-likeness (QED) is 0.0912. The van der Waals surface area contributed by atoms with Crippen LogP contribution in [0.15, 0.2) is 127 Å². The standard InChI is InChI=1S/C42H53NO4Si/c1-33(46-31-35-26-28-37(45-7)29-27-35)40(36(30-41(44)43(5)6)21-17-20-34-18-11-8-12-19-34)32-47-48(42(2,3)4,38-22-13-9-14-23-38)39-24-15-10-16-25-39/h8-19,21-29,33,36,40H,20,30-32H2,1-7H3/b21-17+/t33-,36+,40-/m1/s1. The second kappa shape index (κ2) is 17.4. The van der Waals surface area contributed by atoms with Gasteiger partial charge in [0.2, 0.25) is 5.91 Å². The number of hydrogen-bond acceptors (Lipinski definition) is 4. The summed E-state index contributed by atoms with van der Waals surface area (Å²) in [6.07, 6.45) is 5.38.